The van der Waals surface area contributed by atoms with E-state index in [1.165, 1.54) is 17.5 Å². The van der Waals surface area contributed by atoms with Crippen LogP contribution in [0.2, 0.25) is 0 Å². The summed E-state index contributed by atoms with van der Waals surface area (Å²) in [5, 5.41) is 14.3. The number of aliphatic hydroxyl groups is 1. The molecule has 1 atom stereocenters. The van der Waals surface area contributed by atoms with Gasteiger partial charge < -0.3 is 24.5 Å². The maximum absolute atomic E-state index is 12.9. The predicted octanol–water partition coefficient (Wildman–Crippen LogP) is 4.37. The topological polar surface area (TPSA) is 108 Å². The van der Waals surface area contributed by atoms with E-state index in [0.717, 1.165) is 62.4 Å². The van der Waals surface area contributed by atoms with Gasteiger partial charge in [0.1, 0.15) is 12.4 Å². The molecule has 0 saturated carbocycles. The highest BCUT2D eigenvalue weighted by Crippen LogP contribution is 2.30. The number of aliphatic hydroxyl groups excluding tert-OH is 1. The Morgan fingerprint density at radius 1 is 1.20 bits per heavy atom. The standard InChI is InChI=1S/C32H40N4O5/c1-22-30-12-13-35(18-25(30)6-9-32(22)40-20-29-17-33-21-41-29)19-28(38)7-8-31(39)24-4-3-5-27(16-24)34-26-10-14-36(15-11-26)23(2)37/h3-6,9,16-17,21,26,28,34,38H,7-8,10-15,18-20H2,1-2H3/t28-/m0/s1. The Hall–Kier alpha value is -3.69. The number of anilines is 1. The number of β-amino-alcohol motifs (C(OH)–C–C–N with tert-alkyl or cyclic N) is 1. The van der Waals surface area contributed by atoms with Crippen molar-refractivity contribution in [1.29, 1.82) is 0 Å². The number of nitrogens with one attached hydrogen (secondary N) is 1. The summed E-state index contributed by atoms with van der Waals surface area (Å²) < 4.78 is 11.2. The van der Waals surface area contributed by atoms with Gasteiger partial charge in [-0.05, 0) is 67.5 Å². The molecule has 218 valence electrons. The molecular formula is C32H40N4O5. The summed E-state index contributed by atoms with van der Waals surface area (Å²) >= 11 is 0. The fourth-order valence-electron chi connectivity index (χ4n) is 5.84. The van der Waals surface area contributed by atoms with E-state index in [1.807, 2.05) is 35.2 Å². The summed E-state index contributed by atoms with van der Waals surface area (Å²) in [6, 6.07) is 12.0. The molecule has 0 radical (unpaired) electrons. The first-order valence-corrected chi connectivity index (χ1v) is 14.5. The van der Waals surface area contributed by atoms with E-state index < -0.39 is 6.10 Å². The van der Waals surface area contributed by atoms with E-state index in [-0.39, 0.29) is 17.7 Å². The third-order valence-electron chi connectivity index (χ3n) is 8.24. The van der Waals surface area contributed by atoms with Crippen LogP contribution in [-0.2, 0) is 24.4 Å². The van der Waals surface area contributed by atoms with Crippen LogP contribution in [0.25, 0.3) is 0 Å². The Balaban J connectivity index is 1.07. The molecule has 9 nitrogen and oxygen atoms in total. The van der Waals surface area contributed by atoms with Gasteiger partial charge in [0.2, 0.25) is 5.91 Å². The smallest absolute Gasteiger partial charge is 0.219 e. The number of aromatic nitrogens is 1. The van der Waals surface area contributed by atoms with E-state index in [1.54, 1.807) is 13.1 Å². The minimum absolute atomic E-state index is 0.0385. The second-order valence-electron chi connectivity index (χ2n) is 11.2. The molecule has 2 aromatic carbocycles. The van der Waals surface area contributed by atoms with Crippen molar-refractivity contribution >= 4 is 17.4 Å². The molecule has 1 aromatic heterocycles. The van der Waals surface area contributed by atoms with Crippen molar-refractivity contribution in [1.82, 2.24) is 14.8 Å². The number of carbonyl (C=O) groups excluding carboxylic acids is 2. The van der Waals surface area contributed by atoms with Crippen molar-refractivity contribution in [2.24, 2.45) is 0 Å². The van der Waals surface area contributed by atoms with Crippen molar-refractivity contribution in [3.63, 3.8) is 0 Å². The number of amides is 1. The number of likely N-dealkylation sites (tertiary alicyclic amines) is 1. The fourth-order valence-corrected chi connectivity index (χ4v) is 5.84. The van der Waals surface area contributed by atoms with E-state index in [2.05, 4.69) is 28.2 Å². The second kappa shape index (κ2) is 13.3. The number of ketones is 1. The molecule has 5 rings (SSSR count). The maximum Gasteiger partial charge on any atom is 0.219 e. The number of oxazole rings is 1. The molecule has 1 saturated heterocycles. The second-order valence-corrected chi connectivity index (χ2v) is 11.2. The summed E-state index contributed by atoms with van der Waals surface area (Å²) in [5.41, 5.74) is 5.28. The molecule has 3 heterocycles. The molecule has 1 amide bonds. The number of hydrogen-bond acceptors (Lipinski definition) is 8. The van der Waals surface area contributed by atoms with Crippen LogP contribution in [-0.4, -0.2) is 69.9 Å². The SMILES string of the molecule is CC(=O)N1CCC(Nc2cccc(C(=O)CC[C@H](O)CN3CCc4c(ccc(OCc5cnco5)c4C)C3)c2)CC1. The Labute approximate surface area is 241 Å². The zero-order valence-corrected chi connectivity index (χ0v) is 24.0. The number of piperidine rings is 1. The minimum atomic E-state index is -0.570. The quantitative estimate of drug-likeness (QED) is 0.333. The first-order valence-electron chi connectivity index (χ1n) is 14.5. The van der Waals surface area contributed by atoms with Gasteiger partial charge in [0.25, 0.3) is 0 Å². The molecule has 9 heteroatoms. The number of carbonyl (C=O) groups is 2. The van der Waals surface area contributed by atoms with Crippen LogP contribution in [0.5, 0.6) is 5.75 Å². The lowest BCUT2D eigenvalue weighted by Crippen LogP contribution is -2.41. The van der Waals surface area contributed by atoms with E-state index in [9.17, 15) is 14.7 Å². The first-order chi connectivity index (χ1) is 19.9. The van der Waals surface area contributed by atoms with Crippen LogP contribution in [0, 0.1) is 6.92 Å². The molecule has 0 aliphatic carbocycles. The summed E-state index contributed by atoms with van der Waals surface area (Å²) in [6.07, 6.45) is 5.89. The molecule has 0 unspecified atom stereocenters. The van der Waals surface area contributed by atoms with Crippen molar-refractivity contribution in [2.75, 3.05) is 31.5 Å². The van der Waals surface area contributed by atoms with Crippen LogP contribution in [0.15, 0.2) is 53.4 Å². The molecule has 0 spiro atoms. The summed E-state index contributed by atoms with van der Waals surface area (Å²) in [6.45, 7) is 7.71. The third-order valence-corrected chi connectivity index (χ3v) is 8.24. The number of Topliss-reactive ketones (excluding diaryl/α,β-unsaturated/α-hetero) is 1. The van der Waals surface area contributed by atoms with Crippen LogP contribution < -0.4 is 10.1 Å². The van der Waals surface area contributed by atoms with Crippen molar-refractivity contribution in [3.8, 4) is 5.75 Å². The monoisotopic (exact) mass is 560 g/mol. The molecule has 41 heavy (non-hydrogen) atoms. The number of benzene rings is 2. The highest BCUT2D eigenvalue weighted by molar-refractivity contribution is 5.96. The Morgan fingerprint density at radius 3 is 2.78 bits per heavy atom. The molecule has 2 N–H and O–H groups in total. The Bertz CT molecular complexity index is 1330. The Morgan fingerprint density at radius 2 is 2.02 bits per heavy atom. The molecule has 0 bridgehead atoms. The Kier molecular flexibility index (Phi) is 9.36. The zero-order chi connectivity index (χ0) is 28.8. The summed E-state index contributed by atoms with van der Waals surface area (Å²) in [4.78, 5) is 32.6. The van der Waals surface area contributed by atoms with Crippen molar-refractivity contribution in [3.05, 3.63) is 77.0 Å². The lowest BCUT2D eigenvalue weighted by molar-refractivity contribution is -0.129. The predicted molar refractivity (Wildman–Crippen MR) is 156 cm³/mol. The number of ether oxygens (including phenoxy) is 1. The lowest BCUT2D eigenvalue weighted by Gasteiger charge is -2.32. The van der Waals surface area contributed by atoms with Crippen LogP contribution in [0.1, 0.15) is 65.4 Å². The number of hydrogen-bond donors (Lipinski definition) is 2. The van der Waals surface area contributed by atoms with Crippen LogP contribution >= 0.6 is 0 Å². The van der Waals surface area contributed by atoms with Gasteiger partial charge in [0.05, 0.1) is 12.3 Å². The largest absolute Gasteiger partial charge is 0.485 e. The van der Waals surface area contributed by atoms with Gasteiger partial charge in [-0.15, -0.1) is 0 Å². The minimum Gasteiger partial charge on any atom is -0.485 e. The van der Waals surface area contributed by atoms with E-state index >= 15 is 0 Å². The van der Waals surface area contributed by atoms with Gasteiger partial charge in [0.15, 0.2) is 17.9 Å². The average Bonchev–Trinajstić information content (AvgIpc) is 3.50. The zero-order valence-electron chi connectivity index (χ0n) is 24.0. The van der Waals surface area contributed by atoms with Gasteiger partial charge >= 0.3 is 0 Å². The lowest BCUT2D eigenvalue weighted by atomic mass is 9.94. The van der Waals surface area contributed by atoms with Gasteiger partial charge in [0, 0.05) is 63.4 Å². The maximum atomic E-state index is 12.9. The average molecular weight is 561 g/mol. The van der Waals surface area contributed by atoms with Crippen LogP contribution in [0.3, 0.4) is 0 Å². The number of fused-ring (bicyclic) bond motifs is 1. The number of rotatable bonds is 11. The van der Waals surface area contributed by atoms with Gasteiger partial charge in [-0.3, -0.25) is 14.5 Å². The highest BCUT2D eigenvalue weighted by atomic mass is 16.5. The first kappa shape index (κ1) is 28.8. The summed E-state index contributed by atoms with van der Waals surface area (Å²) in [7, 11) is 0. The molecule has 3 aromatic rings. The summed E-state index contributed by atoms with van der Waals surface area (Å²) in [5.74, 6) is 1.70. The highest BCUT2D eigenvalue weighted by Gasteiger charge is 2.23. The molecule has 1 fully saturated rings. The molecular weight excluding hydrogens is 520 g/mol. The molecule has 2 aliphatic heterocycles. The van der Waals surface area contributed by atoms with Crippen LogP contribution in [0.4, 0.5) is 5.69 Å². The van der Waals surface area contributed by atoms with Gasteiger partial charge in [-0.2, -0.15) is 0 Å². The van der Waals surface area contributed by atoms with Crippen molar-refractivity contribution < 1.29 is 23.8 Å². The number of nitrogens with zero attached hydrogens (tertiary/aromatic N) is 3. The normalized spacial score (nSPS) is 16.7. The van der Waals surface area contributed by atoms with Gasteiger partial charge in [-0.25, -0.2) is 4.98 Å². The van der Waals surface area contributed by atoms with Crippen molar-refractivity contribution in [2.45, 2.75) is 71.2 Å². The molecule has 2 aliphatic rings. The van der Waals surface area contributed by atoms with Gasteiger partial charge in [-0.1, -0.05) is 18.2 Å². The fraction of sp³-hybridized carbons (Fsp3) is 0.469. The van der Waals surface area contributed by atoms with E-state index in [0.29, 0.717) is 37.3 Å². The third kappa shape index (κ3) is 7.54. The van der Waals surface area contributed by atoms with E-state index in [4.69, 9.17) is 9.15 Å².